The molecule has 10 heteroatoms. The molecule has 1 aliphatic carbocycles. The van der Waals surface area contributed by atoms with Crippen LogP contribution in [0.5, 0.6) is 0 Å². The monoisotopic (exact) mass is 520 g/mol. The molecule has 1 aliphatic heterocycles. The summed E-state index contributed by atoms with van der Waals surface area (Å²) in [5, 5.41) is 3.20. The van der Waals surface area contributed by atoms with E-state index in [1.54, 1.807) is 48.8 Å². The average Bonchev–Trinajstić information content (AvgIpc) is 3.45. The number of benzene rings is 2. The van der Waals surface area contributed by atoms with Gasteiger partial charge in [0.2, 0.25) is 11.0 Å². The van der Waals surface area contributed by atoms with Crippen LogP contribution in [0, 0.1) is 5.82 Å². The third kappa shape index (κ3) is 4.62. The smallest absolute Gasteiger partial charge is 0.277 e. The maximum atomic E-state index is 14.6. The number of aromatic nitrogens is 2. The van der Waals surface area contributed by atoms with Crippen LogP contribution in [0.25, 0.3) is 22.1 Å². The molecule has 2 aromatic carbocycles. The van der Waals surface area contributed by atoms with Crippen molar-refractivity contribution in [2.75, 3.05) is 6.54 Å². The van der Waals surface area contributed by atoms with Gasteiger partial charge in [0, 0.05) is 54.0 Å². The number of halogens is 1. The van der Waals surface area contributed by atoms with Crippen molar-refractivity contribution in [3.05, 3.63) is 78.1 Å². The highest BCUT2D eigenvalue weighted by atomic mass is 32.2. The fourth-order valence-corrected chi connectivity index (χ4v) is 6.33. The predicted octanol–water partition coefficient (Wildman–Crippen LogP) is 4.38. The largest absolute Gasteiger partial charge is 0.443 e. The Balaban J connectivity index is 1.17. The zero-order valence-corrected chi connectivity index (χ0v) is 20.7. The summed E-state index contributed by atoms with van der Waals surface area (Å²) in [6.07, 6.45) is 6.59. The van der Waals surface area contributed by atoms with E-state index in [2.05, 4.69) is 15.3 Å². The number of fused-ring (bicyclic) bond motifs is 1. The van der Waals surface area contributed by atoms with Crippen molar-refractivity contribution in [1.29, 1.82) is 0 Å². The molecule has 3 heterocycles. The molecule has 37 heavy (non-hydrogen) atoms. The lowest BCUT2D eigenvalue weighted by Gasteiger charge is -2.22. The maximum Gasteiger partial charge on any atom is 0.277 e. The summed E-state index contributed by atoms with van der Waals surface area (Å²) in [4.78, 5) is 21.9. The molecule has 2 aromatic heterocycles. The first kappa shape index (κ1) is 23.7. The number of sulfonamides is 1. The molecule has 4 aromatic rings. The number of para-hydroxylation sites is 1. The highest BCUT2D eigenvalue weighted by molar-refractivity contribution is 7.89. The van der Waals surface area contributed by atoms with E-state index in [4.69, 9.17) is 4.42 Å². The van der Waals surface area contributed by atoms with Gasteiger partial charge in [-0.3, -0.25) is 4.79 Å². The second-order valence-electron chi connectivity index (χ2n) is 9.51. The number of nitrogens with zero attached hydrogens (tertiary/aromatic N) is 3. The van der Waals surface area contributed by atoms with Gasteiger partial charge in [0.25, 0.3) is 10.0 Å². The normalized spacial score (nSPS) is 18.4. The van der Waals surface area contributed by atoms with Crippen LogP contribution in [-0.2, 0) is 21.4 Å². The second-order valence-corrected chi connectivity index (χ2v) is 11.3. The molecular formula is C27H25FN4O4S. The van der Waals surface area contributed by atoms with Gasteiger partial charge >= 0.3 is 0 Å². The van der Waals surface area contributed by atoms with Crippen LogP contribution in [0.2, 0.25) is 0 Å². The Morgan fingerprint density at radius 2 is 1.84 bits per heavy atom. The van der Waals surface area contributed by atoms with Gasteiger partial charge in [0.15, 0.2) is 0 Å². The molecule has 0 bridgehead atoms. The van der Waals surface area contributed by atoms with Gasteiger partial charge in [-0.25, -0.2) is 22.8 Å². The van der Waals surface area contributed by atoms with Crippen LogP contribution in [-0.4, -0.2) is 41.2 Å². The van der Waals surface area contributed by atoms with E-state index in [0.717, 1.165) is 29.8 Å². The summed E-state index contributed by atoms with van der Waals surface area (Å²) < 4.78 is 47.9. The average molecular weight is 521 g/mol. The molecule has 190 valence electrons. The molecule has 1 N–H and O–H groups in total. The molecule has 1 saturated carbocycles. The van der Waals surface area contributed by atoms with Crippen molar-refractivity contribution in [3.63, 3.8) is 0 Å². The second kappa shape index (κ2) is 9.35. The van der Waals surface area contributed by atoms with Crippen LogP contribution < -0.4 is 5.32 Å². The topological polar surface area (TPSA) is 105 Å². The molecule has 1 atom stereocenters. The van der Waals surface area contributed by atoms with Gasteiger partial charge in [0.05, 0.1) is 0 Å². The van der Waals surface area contributed by atoms with Crippen LogP contribution in [0.1, 0.15) is 43.0 Å². The molecule has 8 nitrogen and oxygen atoms in total. The third-order valence-electron chi connectivity index (χ3n) is 6.92. The molecule has 1 saturated heterocycles. The van der Waals surface area contributed by atoms with Gasteiger partial charge in [0.1, 0.15) is 23.3 Å². The molecule has 1 amide bonds. The van der Waals surface area contributed by atoms with Gasteiger partial charge in [-0.05, 0) is 49.4 Å². The minimum atomic E-state index is -4.02. The SMILES string of the molecule is O=C(NCc1cc(-c2cnc(C3CC3)nc2)ccc1F)C1CCCN1S(=O)(=O)c1cc2ccccc2o1. The summed E-state index contributed by atoms with van der Waals surface area (Å²) in [6, 6.07) is 12.2. The first-order valence-corrected chi connectivity index (χ1v) is 13.7. The first-order chi connectivity index (χ1) is 17.9. The lowest BCUT2D eigenvalue weighted by Crippen LogP contribution is -2.45. The molecule has 1 unspecified atom stereocenters. The Kier molecular flexibility index (Phi) is 6.00. The van der Waals surface area contributed by atoms with Crippen molar-refractivity contribution in [2.45, 2.75) is 49.3 Å². The Hall–Kier alpha value is -3.63. The fourth-order valence-electron chi connectivity index (χ4n) is 4.72. The Bertz CT molecular complexity index is 1550. The van der Waals surface area contributed by atoms with Crippen molar-refractivity contribution in [1.82, 2.24) is 19.6 Å². The summed E-state index contributed by atoms with van der Waals surface area (Å²) in [7, 11) is -4.02. The van der Waals surface area contributed by atoms with E-state index in [9.17, 15) is 17.6 Å². The van der Waals surface area contributed by atoms with Crippen LogP contribution >= 0.6 is 0 Å². The summed E-state index contributed by atoms with van der Waals surface area (Å²) in [5.41, 5.74) is 2.25. The van der Waals surface area contributed by atoms with Gasteiger partial charge in [-0.1, -0.05) is 24.3 Å². The van der Waals surface area contributed by atoms with E-state index >= 15 is 0 Å². The summed E-state index contributed by atoms with van der Waals surface area (Å²) >= 11 is 0. The van der Waals surface area contributed by atoms with E-state index in [0.29, 0.717) is 35.3 Å². The molecule has 6 rings (SSSR count). The molecule has 2 fully saturated rings. The number of carbonyl (C=O) groups is 1. The van der Waals surface area contributed by atoms with E-state index in [-0.39, 0.29) is 18.2 Å². The van der Waals surface area contributed by atoms with Crippen LogP contribution in [0.3, 0.4) is 0 Å². The molecule has 0 spiro atoms. The Morgan fingerprint density at radius 1 is 1.05 bits per heavy atom. The highest BCUT2D eigenvalue weighted by Gasteiger charge is 2.41. The minimum absolute atomic E-state index is 0.0749. The van der Waals surface area contributed by atoms with Crippen molar-refractivity contribution in [3.8, 4) is 11.1 Å². The maximum absolute atomic E-state index is 14.6. The highest BCUT2D eigenvalue weighted by Crippen LogP contribution is 2.38. The number of carbonyl (C=O) groups excluding carboxylic acids is 1. The number of hydrogen-bond donors (Lipinski definition) is 1. The first-order valence-electron chi connectivity index (χ1n) is 12.3. The van der Waals surface area contributed by atoms with Crippen molar-refractivity contribution >= 4 is 26.9 Å². The molecular weight excluding hydrogens is 495 g/mol. The number of rotatable bonds is 7. The van der Waals surface area contributed by atoms with Gasteiger partial charge in [-0.15, -0.1) is 0 Å². The Morgan fingerprint density at radius 3 is 2.59 bits per heavy atom. The lowest BCUT2D eigenvalue weighted by molar-refractivity contribution is -0.124. The van der Waals surface area contributed by atoms with Crippen molar-refractivity contribution in [2.24, 2.45) is 0 Å². The van der Waals surface area contributed by atoms with E-state index < -0.39 is 27.8 Å². The summed E-state index contributed by atoms with van der Waals surface area (Å²) in [5.74, 6) is 0.341. The van der Waals surface area contributed by atoms with E-state index in [1.165, 1.54) is 16.4 Å². The van der Waals surface area contributed by atoms with Crippen LogP contribution in [0.15, 0.2) is 70.4 Å². The quantitative estimate of drug-likeness (QED) is 0.388. The standard InChI is InChI=1S/C27H25FN4O4S/c28-22-10-9-18(21-15-29-26(30-16-21)17-7-8-17)12-20(22)14-31-27(33)23-5-3-11-32(23)37(34,35)25-13-19-4-1-2-6-24(19)36-25/h1-2,4,6,9-10,12-13,15-17,23H,3,5,7-8,11,14H2,(H,31,33). The molecule has 2 aliphatic rings. The lowest BCUT2D eigenvalue weighted by atomic mass is 10.0. The third-order valence-corrected chi connectivity index (χ3v) is 8.68. The number of amides is 1. The van der Waals surface area contributed by atoms with Gasteiger partial charge < -0.3 is 9.73 Å². The zero-order valence-electron chi connectivity index (χ0n) is 19.9. The number of nitrogens with one attached hydrogen (secondary N) is 1. The summed E-state index contributed by atoms with van der Waals surface area (Å²) in [6.45, 7) is 0.132. The fraction of sp³-hybridized carbons (Fsp3) is 0.296. The Labute approximate surface area is 213 Å². The van der Waals surface area contributed by atoms with Crippen molar-refractivity contribution < 1.29 is 22.0 Å². The number of hydrogen-bond acceptors (Lipinski definition) is 6. The van der Waals surface area contributed by atoms with Gasteiger partial charge in [-0.2, -0.15) is 4.31 Å². The zero-order chi connectivity index (χ0) is 25.6. The molecule has 0 radical (unpaired) electrons. The predicted molar refractivity (Wildman–Crippen MR) is 134 cm³/mol. The van der Waals surface area contributed by atoms with E-state index in [1.807, 2.05) is 0 Å². The minimum Gasteiger partial charge on any atom is -0.443 e. The van der Waals surface area contributed by atoms with Crippen LogP contribution in [0.4, 0.5) is 4.39 Å². The number of furan rings is 1.